The summed E-state index contributed by atoms with van der Waals surface area (Å²) >= 11 is 6.00. The number of hydrogen-bond acceptors (Lipinski definition) is 3. The van der Waals surface area contributed by atoms with Crippen LogP contribution in [0.1, 0.15) is 36.8 Å². The molecule has 0 radical (unpaired) electrons. The molecule has 120 valence electrons. The minimum absolute atomic E-state index is 0.0215. The molecule has 3 rings (SSSR count). The van der Waals surface area contributed by atoms with Gasteiger partial charge >= 0.3 is 0 Å². The van der Waals surface area contributed by atoms with Crippen molar-refractivity contribution in [3.05, 3.63) is 74.8 Å². The van der Waals surface area contributed by atoms with Gasteiger partial charge in [-0.2, -0.15) is 0 Å². The van der Waals surface area contributed by atoms with Crippen LogP contribution < -0.4 is 5.32 Å². The summed E-state index contributed by atoms with van der Waals surface area (Å²) in [4.78, 5) is 10.4. The zero-order valence-electron chi connectivity index (χ0n) is 12.8. The molecule has 0 bridgehead atoms. The fourth-order valence-electron chi connectivity index (χ4n) is 3.32. The minimum Gasteiger partial charge on any atom is -0.303 e. The quantitative estimate of drug-likeness (QED) is 0.632. The van der Waals surface area contributed by atoms with E-state index < -0.39 is 0 Å². The maximum absolute atomic E-state index is 10.7. The van der Waals surface area contributed by atoms with Crippen LogP contribution in [-0.4, -0.2) is 4.92 Å². The Hall–Kier alpha value is -1.91. The molecule has 0 aliphatic heterocycles. The second-order valence-electron chi connectivity index (χ2n) is 6.07. The van der Waals surface area contributed by atoms with Crippen molar-refractivity contribution < 1.29 is 4.92 Å². The lowest BCUT2D eigenvalue weighted by molar-refractivity contribution is -0.384. The summed E-state index contributed by atoms with van der Waals surface area (Å²) in [5.74, 6) is 0. The van der Waals surface area contributed by atoms with E-state index in [1.807, 2.05) is 24.3 Å². The van der Waals surface area contributed by atoms with Crippen molar-refractivity contribution in [2.45, 2.75) is 37.8 Å². The fourth-order valence-corrected chi connectivity index (χ4v) is 3.45. The predicted molar refractivity (Wildman–Crippen MR) is 91.5 cm³/mol. The van der Waals surface area contributed by atoms with Crippen molar-refractivity contribution in [2.75, 3.05) is 0 Å². The van der Waals surface area contributed by atoms with Crippen LogP contribution in [0.25, 0.3) is 0 Å². The molecule has 1 aliphatic rings. The molecule has 1 saturated carbocycles. The zero-order chi connectivity index (χ0) is 16.3. The SMILES string of the molecule is O=[N+]([O-])c1ccc(CNC2(c3ccc(Cl)cc3)CCCC2)cc1. The van der Waals surface area contributed by atoms with E-state index in [1.54, 1.807) is 12.1 Å². The van der Waals surface area contributed by atoms with E-state index in [-0.39, 0.29) is 16.1 Å². The van der Waals surface area contributed by atoms with E-state index in [4.69, 9.17) is 11.6 Å². The highest BCUT2D eigenvalue weighted by molar-refractivity contribution is 6.30. The summed E-state index contributed by atoms with van der Waals surface area (Å²) in [6.45, 7) is 0.695. The van der Waals surface area contributed by atoms with Gasteiger partial charge in [0.1, 0.15) is 0 Å². The van der Waals surface area contributed by atoms with Crippen LogP contribution in [0, 0.1) is 10.1 Å². The largest absolute Gasteiger partial charge is 0.303 e. The summed E-state index contributed by atoms with van der Waals surface area (Å²) in [5, 5.41) is 15.2. The molecule has 4 nitrogen and oxygen atoms in total. The van der Waals surface area contributed by atoms with E-state index in [0.717, 1.165) is 23.4 Å². The van der Waals surface area contributed by atoms with Crippen molar-refractivity contribution in [3.8, 4) is 0 Å². The molecule has 0 unspecified atom stereocenters. The Morgan fingerprint density at radius 3 is 2.22 bits per heavy atom. The normalized spacial score (nSPS) is 16.4. The second-order valence-corrected chi connectivity index (χ2v) is 6.51. The molecule has 0 amide bonds. The van der Waals surface area contributed by atoms with Crippen LogP contribution in [0.4, 0.5) is 5.69 Å². The van der Waals surface area contributed by atoms with E-state index in [0.29, 0.717) is 6.54 Å². The number of nitro benzene ring substituents is 1. The molecule has 2 aromatic rings. The first kappa shape index (κ1) is 16.0. The Balaban J connectivity index is 1.75. The molecule has 1 aliphatic carbocycles. The number of benzene rings is 2. The van der Waals surface area contributed by atoms with Crippen molar-refractivity contribution in [3.63, 3.8) is 0 Å². The molecule has 1 N–H and O–H groups in total. The van der Waals surface area contributed by atoms with E-state index >= 15 is 0 Å². The molecule has 2 aromatic carbocycles. The Labute approximate surface area is 140 Å². The van der Waals surface area contributed by atoms with Crippen LogP contribution in [0.5, 0.6) is 0 Å². The molecule has 23 heavy (non-hydrogen) atoms. The predicted octanol–water partition coefficient (Wildman–Crippen LogP) is 4.81. The summed E-state index contributed by atoms with van der Waals surface area (Å²) in [7, 11) is 0. The summed E-state index contributed by atoms with van der Waals surface area (Å²) < 4.78 is 0. The first-order valence-electron chi connectivity index (χ1n) is 7.83. The highest BCUT2D eigenvalue weighted by atomic mass is 35.5. The second kappa shape index (κ2) is 6.69. The van der Waals surface area contributed by atoms with Gasteiger partial charge in [0.25, 0.3) is 5.69 Å². The molecule has 0 spiro atoms. The summed E-state index contributed by atoms with van der Waals surface area (Å²) in [5.41, 5.74) is 2.42. The Bertz CT molecular complexity index is 677. The molecule has 0 aromatic heterocycles. The van der Waals surface area contributed by atoms with Crippen LogP contribution in [0.2, 0.25) is 5.02 Å². The zero-order valence-corrected chi connectivity index (χ0v) is 13.6. The number of nitrogens with zero attached hydrogens (tertiary/aromatic N) is 1. The third-order valence-electron chi connectivity index (χ3n) is 4.63. The number of rotatable bonds is 5. The fraction of sp³-hybridized carbons (Fsp3) is 0.333. The van der Waals surface area contributed by atoms with E-state index in [9.17, 15) is 10.1 Å². The third-order valence-corrected chi connectivity index (χ3v) is 4.88. The lowest BCUT2D eigenvalue weighted by Crippen LogP contribution is -2.39. The lowest BCUT2D eigenvalue weighted by Gasteiger charge is -2.31. The van der Waals surface area contributed by atoms with Gasteiger partial charge in [-0.05, 0) is 36.1 Å². The molecule has 5 heteroatoms. The first-order chi connectivity index (χ1) is 11.1. The van der Waals surface area contributed by atoms with Crippen LogP contribution in [-0.2, 0) is 12.1 Å². The summed E-state index contributed by atoms with van der Waals surface area (Å²) in [6, 6.07) is 14.8. The average molecular weight is 331 g/mol. The molecule has 0 atom stereocenters. The number of nitrogens with one attached hydrogen (secondary N) is 1. The van der Waals surface area contributed by atoms with Crippen molar-refractivity contribution in [1.29, 1.82) is 0 Å². The van der Waals surface area contributed by atoms with Gasteiger partial charge in [0.05, 0.1) is 4.92 Å². The molecule has 1 fully saturated rings. The average Bonchev–Trinajstić information content (AvgIpc) is 3.04. The van der Waals surface area contributed by atoms with Gasteiger partial charge in [-0.1, -0.05) is 48.7 Å². The monoisotopic (exact) mass is 330 g/mol. The number of non-ortho nitro benzene ring substituents is 1. The third kappa shape index (κ3) is 3.54. The van der Waals surface area contributed by atoms with E-state index in [2.05, 4.69) is 17.4 Å². The molecule has 0 heterocycles. The smallest absolute Gasteiger partial charge is 0.269 e. The van der Waals surface area contributed by atoms with Crippen molar-refractivity contribution in [2.24, 2.45) is 0 Å². The minimum atomic E-state index is -0.372. The topological polar surface area (TPSA) is 55.2 Å². The van der Waals surface area contributed by atoms with Gasteiger partial charge in [0.15, 0.2) is 0 Å². The number of hydrogen-bond donors (Lipinski definition) is 1. The van der Waals surface area contributed by atoms with Gasteiger partial charge in [-0.15, -0.1) is 0 Å². The van der Waals surface area contributed by atoms with E-state index in [1.165, 1.54) is 18.4 Å². The van der Waals surface area contributed by atoms with Crippen LogP contribution in [0.3, 0.4) is 0 Å². The Morgan fingerprint density at radius 2 is 1.65 bits per heavy atom. The lowest BCUT2D eigenvalue weighted by atomic mass is 9.88. The first-order valence-corrected chi connectivity index (χ1v) is 8.21. The van der Waals surface area contributed by atoms with Crippen molar-refractivity contribution in [1.82, 2.24) is 5.32 Å². The van der Waals surface area contributed by atoms with Gasteiger partial charge in [0.2, 0.25) is 0 Å². The van der Waals surface area contributed by atoms with Crippen molar-refractivity contribution >= 4 is 17.3 Å². The maximum atomic E-state index is 10.7. The van der Waals surface area contributed by atoms with Crippen LogP contribution >= 0.6 is 11.6 Å². The molecular weight excluding hydrogens is 312 g/mol. The van der Waals surface area contributed by atoms with Gasteiger partial charge in [-0.25, -0.2) is 0 Å². The highest BCUT2D eigenvalue weighted by Gasteiger charge is 2.34. The Morgan fingerprint density at radius 1 is 1.04 bits per heavy atom. The summed E-state index contributed by atoms with van der Waals surface area (Å²) in [6.07, 6.45) is 4.61. The van der Waals surface area contributed by atoms with Gasteiger partial charge in [-0.3, -0.25) is 10.1 Å². The van der Waals surface area contributed by atoms with Gasteiger partial charge < -0.3 is 5.32 Å². The standard InChI is InChI=1S/C18H19ClN2O2/c19-16-7-5-15(6-8-16)18(11-1-2-12-18)20-13-14-3-9-17(10-4-14)21(22)23/h3-10,20H,1-2,11-13H2. The van der Waals surface area contributed by atoms with Crippen LogP contribution in [0.15, 0.2) is 48.5 Å². The number of nitro groups is 1. The molecule has 0 saturated heterocycles. The molecular formula is C18H19ClN2O2. The Kier molecular flexibility index (Phi) is 4.64. The maximum Gasteiger partial charge on any atom is 0.269 e. The highest BCUT2D eigenvalue weighted by Crippen LogP contribution is 2.39. The number of halogens is 1. The van der Waals surface area contributed by atoms with Gasteiger partial charge in [0, 0.05) is 29.2 Å².